The molecular weight excluding hydrogens is 313 g/mol. The number of halogens is 1. The lowest BCUT2D eigenvalue weighted by atomic mass is 10.1. The summed E-state index contributed by atoms with van der Waals surface area (Å²) in [7, 11) is 0. The number of amides is 1. The summed E-state index contributed by atoms with van der Waals surface area (Å²) in [5, 5.41) is 2.92. The van der Waals surface area contributed by atoms with Gasteiger partial charge < -0.3 is 5.32 Å². The van der Waals surface area contributed by atoms with Crippen molar-refractivity contribution in [2.45, 2.75) is 39.0 Å². The minimum absolute atomic E-state index is 0.123. The van der Waals surface area contributed by atoms with Gasteiger partial charge in [0.15, 0.2) is 0 Å². The lowest BCUT2D eigenvalue weighted by Crippen LogP contribution is -2.10. The van der Waals surface area contributed by atoms with Crippen LogP contribution in [0.1, 0.15) is 39.0 Å². The first-order valence-corrected chi connectivity index (χ1v) is 6.85. The topological polar surface area (TPSA) is 29.1 Å². The van der Waals surface area contributed by atoms with Crippen LogP contribution in [0.25, 0.3) is 0 Å². The Kier molecular flexibility index (Phi) is 6.45. The molecule has 0 unspecified atom stereocenters. The lowest BCUT2D eigenvalue weighted by Gasteiger charge is -2.05. The molecule has 1 N–H and O–H groups in total. The van der Waals surface area contributed by atoms with E-state index in [-0.39, 0.29) is 5.91 Å². The quantitative estimate of drug-likeness (QED) is 0.614. The van der Waals surface area contributed by atoms with Crippen molar-refractivity contribution in [3.63, 3.8) is 0 Å². The first-order valence-electron chi connectivity index (χ1n) is 5.78. The monoisotopic (exact) mass is 331 g/mol. The Morgan fingerprint density at radius 3 is 2.81 bits per heavy atom. The van der Waals surface area contributed by atoms with Gasteiger partial charge in [-0.1, -0.05) is 32.3 Å². The molecule has 0 heterocycles. The predicted octanol–water partition coefficient (Wildman–Crippen LogP) is 4.20. The number of hydrogen-bond donors (Lipinski definition) is 1. The first-order chi connectivity index (χ1) is 7.72. The zero-order valence-electron chi connectivity index (χ0n) is 9.63. The van der Waals surface area contributed by atoms with Crippen LogP contribution in [0.4, 0.5) is 5.69 Å². The van der Waals surface area contributed by atoms with Crippen LogP contribution in [0.5, 0.6) is 0 Å². The van der Waals surface area contributed by atoms with Gasteiger partial charge in [-0.15, -0.1) is 0 Å². The number of benzene rings is 1. The Hall–Kier alpha value is -0.580. The molecule has 1 aromatic carbocycles. The fourth-order valence-electron chi connectivity index (χ4n) is 1.50. The van der Waals surface area contributed by atoms with Gasteiger partial charge in [0.2, 0.25) is 5.91 Å². The molecule has 1 amide bonds. The number of nitrogens with one attached hydrogen (secondary N) is 1. The molecule has 16 heavy (non-hydrogen) atoms. The Bertz CT molecular complexity index is 338. The third kappa shape index (κ3) is 5.49. The van der Waals surface area contributed by atoms with Crippen molar-refractivity contribution in [2.75, 3.05) is 5.32 Å². The third-order valence-corrected chi connectivity index (χ3v) is 3.04. The van der Waals surface area contributed by atoms with Crippen molar-refractivity contribution >= 4 is 34.2 Å². The van der Waals surface area contributed by atoms with E-state index >= 15 is 0 Å². The Balaban J connectivity index is 2.29. The molecular formula is C13H18INO. The normalized spacial score (nSPS) is 10.1. The maximum atomic E-state index is 11.6. The maximum Gasteiger partial charge on any atom is 0.224 e. The molecule has 0 aliphatic carbocycles. The minimum Gasteiger partial charge on any atom is -0.326 e. The fraction of sp³-hybridized carbons (Fsp3) is 0.462. The van der Waals surface area contributed by atoms with Crippen LogP contribution in [0.2, 0.25) is 0 Å². The summed E-state index contributed by atoms with van der Waals surface area (Å²) in [6.07, 6.45) is 5.19. The van der Waals surface area contributed by atoms with Crippen molar-refractivity contribution in [3.8, 4) is 0 Å². The predicted molar refractivity (Wildman–Crippen MR) is 76.5 cm³/mol. The Morgan fingerprint density at radius 1 is 1.31 bits per heavy atom. The molecule has 88 valence electrons. The van der Waals surface area contributed by atoms with Crippen LogP contribution < -0.4 is 5.32 Å². The van der Waals surface area contributed by atoms with E-state index in [0.717, 1.165) is 22.1 Å². The molecule has 0 aliphatic heterocycles. The summed E-state index contributed by atoms with van der Waals surface area (Å²) in [6, 6.07) is 7.86. The van der Waals surface area contributed by atoms with Gasteiger partial charge in [0.1, 0.15) is 0 Å². The highest BCUT2D eigenvalue weighted by atomic mass is 127. The van der Waals surface area contributed by atoms with E-state index in [2.05, 4.69) is 34.8 Å². The molecule has 0 atom stereocenters. The van der Waals surface area contributed by atoms with Crippen LogP contribution >= 0.6 is 22.6 Å². The van der Waals surface area contributed by atoms with E-state index in [0.29, 0.717) is 6.42 Å². The molecule has 0 spiro atoms. The summed E-state index contributed by atoms with van der Waals surface area (Å²) in [4.78, 5) is 11.6. The number of hydrogen-bond acceptors (Lipinski definition) is 1. The lowest BCUT2D eigenvalue weighted by molar-refractivity contribution is -0.116. The van der Waals surface area contributed by atoms with Gasteiger partial charge in [-0.25, -0.2) is 0 Å². The van der Waals surface area contributed by atoms with Crippen LogP contribution in [-0.2, 0) is 4.79 Å². The van der Waals surface area contributed by atoms with Crippen molar-refractivity contribution in [3.05, 3.63) is 27.8 Å². The van der Waals surface area contributed by atoms with Gasteiger partial charge in [-0.2, -0.15) is 0 Å². The van der Waals surface area contributed by atoms with Gasteiger partial charge in [0, 0.05) is 15.7 Å². The minimum atomic E-state index is 0.123. The Labute approximate surface area is 111 Å². The molecule has 0 aliphatic rings. The summed E-state index contributed by atoms with van der Waals surface area (Å²) >= 11 is 2.24. The zero-order valence-corrected chi connectivity index (χ0v) is 11.8. The van der Waals surface area contributed by atoms with Crippen molar-refractivity contribution in [2.24, 2.45) is 0 Å². The summed E-state index contributed by atoms with van der Waals surface area (Å²) in [5.41, 5.74) is 0.896. The standard InChI is InChI=1S/C13H18INO/c1-2-3-4-5-9-13(16)15-12-8-6-7-11(14)10-12/h6-8,10H,2-5,9H2,1H3,(H,15,16). The largest absolute Gasteiger partial charge is 0.326 e. The number of rotatable bonds is 6. The van der Waals surface area contributed by atoms with Gasteiger partial charge in [0.25, 0.3) is 0 Å². The zero-order chi connectivity index (χ0) is 11.8. The van der Waals surface area contributed by atoms with Crippen LogP contribution in [0.3, 0.4) is 0 Å². The number of carbonyl (C=O) groups excluding carboxylic acids is 1. The van der Waals surface area contributed by atoms with E-state index in [1.165, 1.54) is 12.8 Å². The molecule has 2 nitrogen and oxygen atoms in total. The molecule has 1 rings (SSSR count). The highest BCUT2D eigenvalue weighted by molar-refractivity contribution is 14.1. The van der Waals surface area contributed by atoms with Gasteiger partial charge in [-0.3, -0.25) is 4.79 Å². The summed E-state index contributed by atoms with van der Waals surface area (Å²) in [6.45, 7) is 2.17. The fourth-order valence-corrected chi connectivity index (χ4v) is 2.05. The SMILES string of the molecule is CCCCCCC(=O)Nc1cccc(I)c1. The van der Waals surface area contributed by atoms with E-state index < -0.39 is 0 Å². The molecule has 0 fully saturated rings. The number of anilines is 1. The molecule has 0 radical (unpaired) electrons. The van der Waals surface area contributed by atoms with Gasteiger partial charge in [-0.05, 0) is 47.2 Å². The average Bonchev–Trinajstić information content (AvgIpc) is 2.24. The highest BCUT2D eigenvalue weighted by Gasteiger charge is 2.01. The Morgan fingerprint density at radius 2 is 2.12 bits per heavy atom. The van der Waals surface area contributed by atoms with E-state index in [9.17, 15) is 4.79 Å². The van der Waals surface area contributed by atoms with Crippen LogP contribution in [0, 0.1) is 3.57 Å². The van der Waals surface area contributed by atoms with E-state index in [1.807, 2.05) is 24.3 Å². The van der Waals surface area contributed by atoms with Gasteiger partial charge >= 0.3 is 0 Å². The molecule has 3 heteroatoms. The smallest absolute Gasteiger partial charge is 0.224 e. The first kappa shape index (κ1) is 13.5. The maximum absolute atomic E-state index is 11.6. The second kappa shape index (κ2) is 7.65. The number of carbonyl (C=O) groups is 1. The summed E-state index contributed by atoms with van der Waals surface area (Å²) in [5.74, 6) is 0.123. The van der Waals surface area contributed by atoms with E-state index in [1.54, 1.807) is 0 Å². The van der Waals surface area contributed by atoms with Crippen molar-refractivity contribution < 1.29 is 4.79 Å². The summed E-state index contributed by atoms with van der Waals surface area (Å²) < 4.78 is 1.14. The van der Waals surface area contributed by atoms with Gasteiger partial charge in [0.05, 0.1) is 0 Å². The van der Waals surface area contributed by atoms with Crippen molar-refractivity contribution in [1.29, 1.82) is 0 Å². The third-order valence-electron chi connectivity index (χ3n) is 2.37. The van der Waals surface area contributed by atoms with E-state index in [4.69, 9.17) is 0 Å². The average molecular weight is 331 g/mol. The van der Waals surface area contributed by atoms with Crippen LogP contribution in [-0.4, -0.2) is 5.91 Å². The molecule has 0 bridgehead atoms. The number of unbranched alkanes of at least 4 members (excludes halogenated alkanes) is 3. The van der Waals surface area contributed by atoms with Crippen molar-refractivity contribution in [1.82, 2.24) is 0 Å². The molecule has 0 saturated carbocycles. The second-order valence-corrected chi connectivity index (χ2v) is 5.11. The van der Waals surface area contributed by atoms with Crippen LogP contribution in [0.15, 0.2) is 24.3 Å². The second-order valence-electron chi connectivity index (χ2n) is 3.87. The molecule has 0 aromatic heterocycles. The molecule has 1 aromatic rings. The molecule has 0 saturated heterocycles. The highest BCUT2D eigenvalue weighted by Crippen LogP contribution is 2.13.